The molecule has 64 valence electrons. The summed E-state index contributed by atoms with van der Waals surface area (Å²) in [6, 6.07) is 0. The first-order valence-electron chi connectivity index (χ1n) is 3.57. The second-order valence-corrected chi connectivity index (χ2v) is 2.37. The number of hydrogen-bond acceptors (Lipinski definition) is 4. The highest BCUT2D eigenvalue weighted by Gasteiger charge is 2.13. The molecule has 0 aliphatic carbocycles. The van der Waals surface area contributed by atoms with Crippen LogP contribution in [0.25, 0.3) is 0 Å². The van der Waals surface area contributed by atoms with Crippen molar-refractivity contribution in [2.75, 3.05) is 7.11 Å². The SMILES string of the molecule is COC(C)C(=O)c1cncnc1. The molecule has 12 heavy (non-hydrogen) atoms. The number of hydrogen-bond donors (Lipinski definition) is 0. The summed E-state index contributed by atoms with van der Waals surface area (Å²) in [5, 5.41) is 0. The Morgan fingerprint density at radius 1 is 1.50 bits per heavy atom. The molecule has 0 aromatic carbocycles. The summed E-state index contributed by atoms with van der Waals surface area (Å²) in [7, 11) is 1.49. The Bertz CT molecular complexity index is 261. The van der Waals surface area contributed by atoms with Crippen LogP contribution in [0, 0.1) is 0 Å². The van der Waals surface area contributed by atoms with Crippen LogP contribution in [0.4, 0.5) is 0 Å². The van der Waals surface area contributed by atoms with Gasteiger partial charge in [0.1, 0.15) is 12.4 Å². The summed E-state index contributed by atoms with van der Waals surface area (Å²) in [6.07, 6.45) is 3.90. The van der Waals surface area contributed by atoms with Crippen molar-refractivity contribution in [3.8, 4) is 0 Å². The standard InChI is InChI=1S/C8H10N2O2/c1-6(12-2)8(11)7-3-9-5-10-4-7/h3-6H,1-2H3. The van der Waals surface area contributed by atoms with Gasteiger partial charge in [0, 0.05) is 19.5 Å². The minimum absolute atomic E-state index is 0.0990. The second kappa shape index (κ2) is 3.92. The van der Waals surface area contributed by atoms with Crippen molar-refractivity contribution in [3.05, 3.63) is 24.3 Å². The van der Waals surface area contributed by atoms with Gasteiger partial charge in [0.2, 0.25) is 0 Å². The first-order valence-corrected chi connectivity index (χ1v) is 3.57. The maximum Gasteiger partial charge on any atom is 0.194 e. The number of carbonyl (C=O) groups is 1. The van der Waals surface area contributed by atoms with E-state index in [1.807, 2.05) is 0 Å². The summed E-state index contributed by atoms with van der Waals surface area (Å²) < 4.78 is 4.86. The molecule has 0 saturated heterocycles. The first-order chi connectivity index (χ1) is 5.75. The summed E-state index contributed by atoms with van der Waals surface area (Å²) in [4.78, 5) is 18.8. The lowest BCUT2D eigenvalue weighted by Crippen LogP contribution is -2.19. The van der Waals surface area contributed by atoms with Crippen molar-refractivity contribution in [3.63, 3.8) is 0 Å². The van der Waals surface area contributed by atoms with Gasteiger partial charge in [-0.25, -0.2) is 9.97 Å². The number of Topliss-reactive ketones (excluding diaryl/α,β-unsaturated/α-hetero) is 1. The third-order valence-electron chi connectivity index (χ3n) is 1.57. The molecule has 1 unspecified atom stereocenters. The van der Waals surface area contributed by atoms with Crippen LogP contribution in [0.15, 0.2) is 18.7 Å². The van der Waals surface area contributed by atoms with Gasteiger partial charge in [-0.2, -0.15) is 0 Å². The van der Waals surface area contributed by atoms with Gasteiger partial charge >= 0.3 is 0 Å². The molecule has 4 heteroatoms. The summed E-state index contributed by atoms with van der Waals surface area (Å²) >= 11 is 0. The zero-order valence-electron chi connectivity index (χ0n) is 7.02. The smallest absolute Gasteiger partial charge is 0.194 e. The van der Waals surface area contributed by atoms with Gasteiger partial charge in [0.25, 0.3) is 0 Å². The van der Waals surface area contributed by atoms with E-state index in [4.69, 9.17) is 4.74 Å². The van der Waals surface area contributed by atoms with Crippen molar-refractivity contribution in [2.45, 2.75) is 13.0 Å². The molecule has 0 amide bonds. The number of rotatable bonds is 3. The van der Waals surface area contributed by atoms with Crippen molar-refractivity contribution in [1.82, 2.24) is 9.97 Å². The molecule has 1 aromatic rings. The van der Waals surface area contributed by atoms with Crippen LogP contribution in [-0.2, 0) is 4.74 Å². The fourth-order valence-corrected chi connectivity index (χ4v) is 0.768. The predicted molar refractivity (Wildman–Crippen MR) is 42.8 cm³/mol. The second-order valence-electron chi connectivity index (χ2n) is 2.37. The monoisotopic (exact) mass is 166 g/mol. The van der Waals surface area contributed by atoms with E-state index in [1.54, 1.807) is 6.92 Å². The van der Waals surface area contributed by atoms with Crippen molar-refractivity contribution < 1.29 is 9.53 Å². The maximum absolute atomic E-state index is 11.4. The Kier molecular flexibility index (Phi) is 2.88. The molecule has 0 bridgehead atoms. The van der Waals surface area contributed by atoms with Crippen LogP contribution < -0.4 is 0 Å². The predicted octanol–water partition coefficient (Wildman–Crippen LogP) is 0.694. The molecule has 0 aliphatic rings. The van der Waals surface area contributed by atoms with Crippen LogP contribution >= 0.6 is 0 Å². The fraction of sp³-hybridized carbons (Fsp3) is 0.375. The third kappa shape index (κ3) is 1.85. The van der Waals surface area contributed by atoms with E-state index in [1.165, 1.54) is 25.8 Å². The largest absolute Gasteiger partial charge is 0.374 e. The average Bonchev–Trinajstić information content (AvgIpc) is 2.17. The number of methoxy groups -OCH3 is 1. The van der Waals surface area contributed by atoms with E-state index >= 15 is 0 Å². The normalized spacial score (nSPS) is 12.5. The molecular weight excluding hydrogens is 156 g/mol. The molecule has 1 rings (SSSR count). The van der Waals surface area contributed by atoms with E-state index in [0.717, 1.165) is 0 Å². The molecular formula is C8H10N2O2. The first kappa shape index (κ1) is 8.80. The highest BCUT2D eigenvalue weighted by molar-refractivity contribution is 5.98. The topological polar surface area (TPSA) is 52.1 Å². The van der Waals surface area contributed by atoms with Gasteiger partial charge in [-0.05, 0) is 6.92 Å². The van der Waals surface area contributed by atoms with Crippen molar-refractivity contribution in [2.24, 2.45) is 0 Å². The molecule has 0 fully saturated rings. The van der Waals surface area contributed by atoms with Gasteiger partial charge in [-0.1, -0.05) is 0 Å². The van der Waals surface area contributed by atoms with E-state index in [9.17, 15) is 4.79 Å². The molecule has 1 atom stereocenters. The third-order valence-corrected chi connectivity index (χ3v) is 1.57. The van der Waals surface area contributed by atoms with Crippen molar-refractivity contribution in [1.29, 1.82) is 0 Å². The number of aromatic nitrogens is 2. The highest BCUT2D eigenvalue weighted by atomic mass is 16.5. The quantitative estimate of drug-likeness (QED) is 0.620. The van der Waals surface area contributed by atoms with Crippen LogP contribution in [0.3, 0.4) is 0 Å². The van der Waals surface area contributed by atoms with Crippen LogP contribution in [-0.4, -0.2) is 29.0 Å². The van der Waals surface area contributed by atoms with Crippen LogP contribution in [0.1, 0.15) is 17.3 Å². The molecule has 4 nitrogen and oxygen atoms in total. The van der Waals surface area contributed by atoms with Gasteiger partial charge in [0.15, 0.2) is 5.78 Å². The van der Waals surface area contributed by atoms with E-state index in [0.29, 0.717) is 5.56 Å². The zero-order valence-corrected chi connectivity index (χ0v) is 7.02. The molecule has 1 heterocycles. The molecule has 1 aromatic heterocycles. The Morgan fingerprint density at radius 3 is 2.58 bits per heavy atom. The number of ketones is 1. The number of nitrogens with zero attached hydrogens (tertiary/aromatic N) is 2. The Labute approximate surface area is 70.6 Å². The van der Waals surface area contributed by atoms with E-state index < -0.39 is 6.10 Å². The average molecular weight is 166 g/mol. The fourth-order valence-electron chi connectivity index (χ4n) is 0.768. The van der Waals surface area contributed by atoms with Gasteiger partial charge in [-0.3, -0.25) is 4.79 Å². The lowest BCUT2D eigenvalue weighted by molar-refractivity contribution is 0.0655. The zero-order chi connectivity index (χ0) is 8.97. The number of ether oxygens (including phenoxy) is 1. The molecule has 0 N–H and O–H groups in total. The highest BCUT2D eigenvalue weighted by Crippen LogP contribution is 2.01. The van der Waals surface area contributed by atoms with Gasteiger partial charge < -0.3 is 4.74 Å². The minimum atomic E-state index is -0.434. The molecule has 0 aliphatic heterocycles. The van der Waals surface area contributed by atoms with E-state index in [-0.39, 0.29) is 5.78 Å². The number of carbonyl (C=O) groups excluding carboxylic acids is 1. The summed E-state index contributed by atoms with van der Waals surface area (Å²) in [6.45, 7) is 1.69. The Morgan fingerprint density at radius 2 is 2.08 bits per heavy atom. The molecule has 0 spiro atoms. The lowest BCUT2D eigenvalue weighted by Gasteiger charge is -2.06. The van der Waals surface area contributed by atoms with Crippen LogP contribution in [0.5, 0.6) is 0 Å². The summed E-state index contributed by atoms with van der Waals surface area (Å²) in [5.41, 5.74) is 0.479. The molecule has 0 saturated carbocycles. The van der Waals surface area contributed by atoms with Gasteiger partial charge in [-0.15, -0.1) is 0 Å². The lowest BCUT2D eigenvalue weighted by atomic mass is 10.1. The summed E-state index contributed by atoms with van der Waals surface area (Å²) in [5.74, 6) is -0.0990. The van der Waals surface area contributed by atoms with Crippen LogP contribution in [0.2, 0.25) is 0 Å². The minimum Gasteiger partial charge on any atom is -0.374 e. The van der Waals surface area contributed by atoms with Gasteiger partial charge in [0.05, 0.1) is 5.56 Å². The Hall–Kier alpha value is -1.29. The Balaban J connectivity index is 2.79. The van der Waals surface area contributed by atoms with E-state index in [2.05, 4.69) is 9.97 Å². The molecule has 0 radical (unpaired) electrons. The maximum atomic E-state index is 11.4. The van der Waals surface area contributed by atoms with Crippen molar-refractivity contribution >= 4 is 5.78 Å².